The van der Waals surface area contributed by atoms with Gasteiger partial charge in [-0.1, -0.05) is 12.1 Å². The van der Waals surface area contributed by atoms with Gasteiger partial charge in [0.05, 0.1) is 27.7 Å². The van der Waals surface area contributed by atoms with Gasteiger partial charge in [0.25, 0.3) is 0 Å². The summed E-state index contributed by atoms with van der Waals surface area (Å²) in [6, 6.07) is 6.36. The molecule has 8 heteroatoms. The Bertz CT molecular complexity index is 869. The molecule has 0 atom stereocenters. The van der Waals surface area contributed by atoms with Crippen molar-refractivity contribution in [3.8, 4) is 0 Å². The molecule has 1 N–H and O–H groups in total. The van der Waals surface area contributed by atoms with Crippen LogP contribution in [0.4, 0.5) is 10.1 Å². The zero-order chi connectivity index (χ0) is 17.8. The molecule has 0 saturated heterocycles. The van der Waals surface area contributed by atoms with Crippen LogP contribution in [0.5, 0.6) is 0 Å². The number of benzene rings is 1. The van der Waals surface area contributed by atoms with Gasteiger partial charge in [-0.25, -0.2) is 4.39 Å². The third-order valence-corrected chi connectivity index (χ3v) is 4.66. The second-order valence-electron chi connectivity index (χ2n) is 5.68. The van der Waals surface area contributed by atoms with E-state index < -0.39 is 0 Å². The van der Waals surface area contributed by atoms with Crippen molar-refractivity contribution in [1.29, 1.82) is 0 Å². The molecule has 0 fully saturated rings. The number of nitrogens with one attached hydrogen (secondary N) is 1. The summed E-state index contributed by atoms with van der Waals surface area (Å²) >= 11 is 2.22. The molecule has 0 aliphatic heterocycles. The Hall–Kier alpha value is -2.23. The molecule has 130 valence electrons. The van der Waals surface area contributed by atoms with Crippen molar-refractivity contribution in [1.82, 2.24) is 19.6 Å². The Morgan fingerprint density at radius 2 is 2.16 bits per heavy atom. The van der Waals surface area contributed by atoms with Gasteiger partial charge in [0, 0.05) is 25.4 Å². The van der Waals surface area contributed by atoms with Crippen LogP contribution in [0.2, 0.25) is 0 Å². The number of hydrogen-bond acceptors (Lipinski definition) is 3. The highest BCUT2D eigenvalue weighted by atomic mass is 127. The Kier molecular flexibility index (Phi) is 5.47. The Balaban J connectivity index is 1.53. The lowest BCUT2D eigenvalue weighted by atomic mass is 10.2. The van der Waals surface area contributed by atoms with Crippen molar-refractivity contribution in [3.63, 3.8) is 0 Å². The number of rotatable bonds is 6. The van der Waals surface area contributed by atoms with Gasteiger partial charge in [-0.05, 0) is 47.2 Å². The van der Waals surface area contributed by atoms with E-state index in [1.54, 1.807) is 27.8 Å². The van der Waals surface area contributed by atoms with E-state index in [9.17, 15) is 9.18 Å². The minimum Gasteiger partial charge on any atom is -0.323 e. The number of anilines is 1. The van der Waals surface area contributed by atoms with E-state index in [1.165, 1.54) is 12.1 Å². The molecule has 1 amide bonds. The predicted molar refractivity (Wildman–Crippen MR) is 101 cm³/mol. The zero-order valence-electron chi connectivity index (χ0n) is 13.6. The second kappa shape index (κ2) is 7.77. The van der Waals surface area contributed by atoms with Crippen molar-refractivity contribution in [2.75, 3.05) is 5.32 Å². The standard InChI is InChI=1S/C17H17FIN5O/c1-12-16(19)11-23(22-12)6-5-17(25)21-15-8-20-24(10-15)9-13-3-2-4-14(18)7-13/h2-4,7-8,10-11H,5-6,9H2,1H3,(H,21,25). The number of nitrogens with zero attached hydrogens (tertiary/aromatic N) is 4. The first kappa shape index (κ1) is 17.6. The lowest BCUT2D eigenvalue weighted by molar-refractivity contribution is -0.116. The van der Waals surface area contributed by atoms with Crippen LogP contribution in [0.25, 0.3) is 0 Å². The van der Waals surface area contributed by atoms with Gasteiger partial charge < -0.3 is 5.32 Å². The number of hydrogen-bond donors (Lipinski definition) is 1. The van der Waals surface area contributed by atoms with Gasteiger partial charge in [-0.3, -0.25) is 14.2 Å². The highest BCUT2D eigenvalue weighted by Crippen LogP contribution is 2.11. The Morgan fingerprint density at radius 1 is 1.32 bits per heavy atom. The van der Waals surface area contributed by atoms with E-state index in [0.717, 1.165) is 14.8 Å². The average Bonchev–Trinajstić information content (AvgIpc) is 3.12. The molecule has 0 saturated carbocycles. The summed E-state index contributed by atoms with van der Waals surface area (Å²) in [5.41, 5.74) is 2.39. The molecular weight excluding hydrogens is 436 g/mol. The first-order valence-electron chi connectivity index (χ1n) is 7.76. The molecule has 2 heterocycles. The van der Waals surface area contributed by atoms with Crippen molar-refractivity contribution in [2.24, 2.45) is 0 Å². The van der Waals surface area contributed by atoms with Crippen LogP contribution < -0.4 is 5.32 Å². The summed E-state index contributed by atoms with van der Waals surface area (Å²) in [6.45, 7) is 2.90. The molecule has 0 unspecified atom stereocenters. The van der Waals surface area contributed by atoms with Crippen LogP contribution >= 0.6 is 22.6 Å². The van der Waals surface area contributed by atoms with Gasteiger partial charge in [-0.15, -0.1) is 0 Å². The van der Waals surface area contributed by atoms with Crippen molar-refractivity contribution < 1.29 is 9.18 Å². The monoisotopic (exact) mass is 453 g/mol. The number of halogens is 2. The van der Waals surface area contributed by atoms with E-state index >= 15 is 0 Å². The molecule has 25 heavy (non-hydrogen) atoms. The van der Waals surface area contributed by atoms with Gasteiger partial charge in [-0.2, -0.15) is 10.2 Å². The minimum atomic E-state index is -0.276. The van der Waals surface area contributed by atoms with Gasteiger partial charge in [0.2, 0.25) is 5.91 Å². The van der Waals surface area contributed by atoms with E-state index in [0.29, 0.717) is 25.2 Å². The maximum absolute atomic E-state index is 13.2. The van der Waals surface area contributed by atoms with E-state index in [4.69, 9.17) is 0 Å². The molecule has 3 rings (SSSR count). The maximum Gasteiger partial charge on any atom is 0.226 e. The molecule has 3 aromatic rings. The van der Waals surface area contributed by atoms with Crippen molar-refractivity contribution >= 4 is 34.2 Å². The Labute approximate surface area is 158 Å². The summed E-state index contributed by atoms with van der Waals surface area (Å²) < 4.78 is 17.7. The summed E-state index contributed by atoms with van der Waals surface area (Å²) in [6.07, 6.45) is 5.55. The molecule has 0 bridgehead atoms. The fraction of sp³-hybridized carbons (Fsp3) is 0.235. The van der Waals surface area contributed by atoms with Crippen LogP contribution in [-0.4, -0.2) is 25.5 Å². The lowest BCUT2D eigenvalue weighted by Crippen LogP contribution is -2.14. The number of aromatic nitrogens is 4. The van der Waals surface area contributed by atoms with Gasteiger partial charge in [0.15, 0.2) is 0 Å². The van der Waals surface area contributed by atoms with E-state index in [1.807, 2.05) is 19.2 Å². The predicted octanol–water partition coefficient (Wildman–Crippen LogP) is 3.21. The second-order valence-corrected chi connectivity index (χ2v) is 6.84. The number of carbonyl (C=O) groups is 1. The molecular formula is C17H17FIN5O. The largest absolute Gasteiger partial charge is 0.323 e. The van der Waals surface area contributed by atoms with Crippen LogP contribution in [0.1, 0.15) is 17.7 Å². The van der Waals surface area contributed by atoms with Crippen LogP contribution in [0, 0.1) is 16.3 Å². The fourth-order valence-corrected chi connectivity index (χ4v) is 2.81. The van der Waals surface area contributed by atoms with Crippen LogP contribution in [0.3, 0.4) is 0 Å². The van der Waals surface area contributed by atoms with Gasteiger partial charge >= 0.3 is 0 Å². The quantitative estimate of drug-likeness (QED) is 0.584. The molecule has 1 aromatic carbocycles. The minimum absolute atomic E-state index is 0.103. The van der Waals surface area contributed by atoms with E-state index in [2.05, 4.69) is 38.1 Å². The molecule has 0 spiro atoms. The first-order valence-corrected chi connectivity index (χ1v) is 8.84. The SMILES string of the molecule is Cc1nn(CCC(=O)Nc2cnn(Cc3cccc(F)c3)c2)cc1I. The normalized spacial score (nSPS) is 10.8. The average molecular weight is 453 g/mol. The molecule has 0 aliphatic carbocycles. The fourth-order valence-electron chi connectivity index (χ4n) is 2.38. The van der Waals surface area contributed by atoms with Crippen LogP contribution in [-0.2, 0) is 17.9 Å². The number of carbonyl (C=O) groups excluding carboxylic acids is 1. The van der Waals surface area contributed by atoms with Crippen molar-refractivity contribution in [2.45, 2.75) is 26.4 Å². The van der Waals surface area contributed by atoms with Gasteiger partial charge in [0.1, 0.15) is 5.82 Å². The summed E-state index contributed by atoms with van der Waals surface area (Å²) in [4.78, 5) is 12.0. The van der Waals surface area contributed by atoms with E-state index in [-0.39, 0.29) is 11.7 Å². The molecule has 6 nitrogen and oxygen atoms in total. The van der Waals surface area contributed by atoms with Crippen molar-refractivity contribution in [3.05, 3.63) is 63.5 Å². The topological polar surface area (TPSA) is 64.7 Å². The van der Waals surface area contributed by atoms with Crippen LogP contribution in [0.15, 0.2) is 42.9 Å². The summed E-state index contributed by atoms with van der Waals surface area (Å²) in [5, 5.41) is 11.3. The molecule has 2 aromatic heterocycles. The number of amides is 1. The third-order valence-electron chi connectivity index (χ3n) is 3.61. The smallest absolute Gasteiger partial charge is 0.226 e. The lowest BCUT2D eigenvalue weighted by Gasteiger charge is -2.03. The first-order chi connectivity index (χ1) is 12.0. The zero-order valence-corrected chi connectivity index (χ0v) is 15.8. The maximum atomic E-state index is 13.2. The third kappa shape index (κ3) is 4.88. The molecule has 0 aliphatic rings. The highest BCUT2D eigenvalue weighted by Gasteiger charge is 2.07. The summed E-state index contributed by atoms with van der Waals surface area (Å²) in [5.74, 6) is -0.379. The highest BCUT2D eigenvalue weighted by molar-refractivity contribution is 14.1. The Morgan fingerprint density at radius 3 is 2.88 bits per heavy atom. The number of aryl methyl sites for hydroxylation is 2. The summed E-state index contributed by atoms with van der Waals surface area (Å²) in [7, 11) is 0. The molecule has 0 radical (unpaired) electrons.